The van der Waals surface area contributed by atoms with Crippen molar-refractivity contribution >= 4 is 44.3 Å². The summed E-state index contributed by atoms with van der Waals surface area (Å²) in [6.07, 6.45) is 4.40. The predicted molar refractivity (Wildman–Crippen MR) is 84.6 cm³/mol. The molecule has 112 valence electrons. The number of halogens is 1. The first-order valence-corrected chi connectivity index (χ1v) is 7.85. The van der Waals surface area contributed by atoms with E-state index in [4.69, 9.17) is 9.15 Å². The minimum Gasteiger partial charge on any atom is -0.456 e. The third-order valence-corrected chi connectivity index (χ3v) is 3.88. The second-order valence-corrected chi connectivity index (χ2v) is 5.88. The van der Waals surface area contributed by atoms with E-state index in [1.165, 1.54) is 34.0 Å². The van der Waals surface area contributed by atoms with Gasteiger partial charge in [0.05, 0.1) is 5.69 Å². The van der Waals surface area contributed by atoms with Gasteiger partial charge in [-0.3, -0.25) is 9.20 Å². The van der Waals surface area contributed by atoms with E-state index >= 15 is 0 Å². The quantitative estimate of drug-likeness (QED) is 0.513. The van der Waals surface area contributed by atoms with E-state index in [-0.39, 0.29) is 12.2 Å². The van der Waals surface area contributed by atoms with Crippen LogP contribution in [0.1, 0.15) is 11.5 Å². The molecule has 3 aromatic heterocycles. The van der Waals surface area contributed by atoms with Crippen molar-refractivity contribution in [2.24, 2.45) is 0 Å². The molecule has 22 heavy (non-hydrogen) atoms. The molecule has 0 radical (unpaired) electrons. The molecule has 0 aliphatic heterocycles. The van der Waals surface area contributed by atoms with Gasteiger partial charge in [0.2, 0.25) is 0 Å². The third-order valence-electron chi connectivity index (χ3n) is 2.70. The molecule has 0 amide bonds. The average Bonchev–Trinajstić information content (AvgIpc) is 3.12. The average molecular weight is 381 g/mol. The van der Waals surface area contributed by atoms with Crippen molar-refractivity contribution in [1.82, 2.24) is 9.38 Å². The van der Waals surface area contributed by atoms with Crippen LogP contribution in [0.25, 0.3) is 11.0 Å². The molecule has 0 saturated heterocycles. The molecule has 0 atom stereocenters. The van der Waals surface area contributed by atoms with Gasteiger partial charge < -0.3 is 9.15 Å². The molecule has 0 bridgehead atoms. The number of rotatable bonds is 4. The van der Waals surface area contributed by atoms with E-state index in [1.807, 2.05) is 0 Å². The van der Waals surface area contributed by atoms with Crippen LogP contribution in [0.3, 0.4) is 0 Å². The van der Waals surface area contributed by atoms with E-state index in [2.05, 4.69) is 20.9 Å². The van der Waals surface area contributed by atoms with Crippen molar-refractivity contribution in [3.05, 3.63) is 62.3 Å². The summed E-state index contributed by atoms with van der Waals surface area (Å²) in [4.78, 5) is 28.2. The highest BCUT2D eigenvalue weighted by Crippen LogP contribution is 2.15. The van der Waals surface area contributed by atoms with Crippen LogP contribution in [0.4, 0.5) is 0 Å². The zero-order valence-corrected chi connectivity index (χ0v) is 13.5. The van der Waals surface area contributed by atoms with Crippen molar-refractivity contribution in [3.63, 3.8) is 0 Å². The van der Waals surface area contributed by atoms with Crippen LogP contribution >= 0.6 is 27.3 Å². The number of furan rings is 1. The second-order valence-electron chi connectivity index (χ2n) is 4.22. The van der Waals surface area contributed by atoms with Crippen molar-refractivity contribution in [2.45, 2.75) is 6.61 Å². The maximum Gasteiger partial charge on any atom is 0.331 e. The summed E-state index contributed by atoms with van der Waals surface area (Å²) in [5.74, 6) is -0.0131. The van der Waals surface area contributed by atoms with Gasteiger partial charge >= 0.3 is 5.97 Å². The minimum absolute atomic E-state index is 0.0609. The highest BCUT2D eigenvalue weighted by atomic mass is 79.9. The SMILES string of the molecule is O=C(C=Cc1ccc(Br)o1)OCc1cc(=O)n2ccsc2n1. The number of thiazole rings is 1. The van der Waals surface area contributed by atoms with E-state index in [0.717, 1.165) is 0 Å². The Morgan fingerprint density at radius 1 is 1.50 bits per heavy atom. The first kappa shape index (κ1) is 14.7. The van der Waals surface area contributed by atoms with Crippen molar-refractivity contribution in [3.8, 4) is 0 Å². The highest BCUT2D eigenvalue weighted by molar-refractivity contribution is 9.10. The van der Waals surface area contributed by atoms with Crippen molar-refractivity contribution in [1.29, 1.82) is 0 Å². The number of ether oxygens (including phenoxy) is 1. The molecule has 3 heterocycles. The standard InChI is InChI=1S/C14H9BrN2O4S/c15-11-3-1-10(21-11)2-4-13(19)20-8-9-7-12(18)17-5-6-22-14(17)16-9/h1-7H,8H2. The molecular weight excluding hydrogens is 372 g/mol. The van der Waals surface area contributed by atoms with Crippen LogP contribution in [0.2, 0.25) is 0 Å². The topological polar surface area (TPSA) is 73.8 Å². The van der Waals surface area contributed by atoms with Crippen LogP contribution in [0.15, 0.2) is 49.7 Å². The highest BCUT2D eigenvalue weighted by Gasteiger charge is 2.05. The molecule has 0 unspecified atom stereocenters. The summed E-state index contributed by atoms with van der Waals surface area (Å²) in [5.41, 5.74) is 0.211. The largest absolute Gasteiger partial charge is 0.456 e. The first-order valence-electron chi connectivity index (χ1n) is 6.18. The number of carbonyl (C=O) groups excluding carboxylic acids is 1. The summed E-state index contributed by atoms with van der Waals surface area (Å²) in [5, 5.41) is 1.77. The smallest absolute Gasteiger partial charge is 0.331 e. The maximum atomic E-state index is 11.8. The van der Waals surface area contributed by atoms with Crippen LogP contribution < -0.4 is 5.56 Å². The van der Waals surface area contributed by atoms with E-state index in [1.54, 1.807) is 23.7 Å². The Labute approximate surface area is 136 Å². The Morgan fingerprint density at radius 3 is 3.14 bits per heavy atom. The molecule has 0 saturated carbocycles. The summed E-state index contributed by atoms with van der Waals surface area (Å²) in [6.45, 7) is -0.0609. The Hall–Kier alpha value is -2.19. The third kappa shape index (κ3) is 3.34. The van der Waals surface area contributed by atoms with Gasteiger partial charge in [-0.2, -0.15) is 0 Å². The van der Waals surface area contributed by atoms with E-state index in [9.17, 15) is 9.59 Å². The summed E-state index contributed by atoms with van der Waals surface area (Å²) < 4.78 is 12.3. The molecule has 0 N–H and O–H groups in total. The molecule has 3 aromatic rings. The second kappa shape index (κ2) is 6.29. The number of fused-ring (bicyclic) bond motifs is 1. The number of esters is 1. The fraction of sp³-hybridized carbons (Fsp3) is 0.0714. The van der Waals surface area contributed by atoms with Gasteiger partial charge in [-0.05, 0) is 34.1 Å². The molecule has 0 aliphatic carbocycles. The molecule has 0 spiro atoms. The molecule has 0 aromatic carbocycles. The number of hydrogen-bond acceptors (Lipinski definition) is 6. The summed E-state index contributed by atoms with van der Waals surface area (Å²) in [7, 11) is 0. The van der Waals surface area contributed by atoms with Gasteiger partial charge in [-0.1, -0.05) is 0 Å². The lowest BCUT2D eigenvalue weighted by atomic mass is 10.4. The number of carbonyl (C=O) groups is 1. The van der Waals surface area contributed by atoms with E-state index < -0.39 is 5.97 Å². The molecule has 8 heteroatoms. The monoisotopic (exact) mass is 380 g/mol. The van der Waals surface area contributed by atoms with Gasteiger partial charge in [0.15, 0.2) is 9.63 Å². The Balaban J connectivity index is 1.64. The zero-order chi connectivity index (χ0) is 15.5. The maximum absolute atomic E-state index is 11.8. The summed E-state index contributed by atoms with van der Waals surface area (Å²) in [6, 6.07) is 4.78. The van der Waals surface area contributed by atoms with Crippen LogP contribution in [0, 0.1) is 0 Å². The zero-order valence-electron chi connectivity index (χ0n) is 11.1. The number of hydrogen-bond donors (Lipinski definition) is 0. The van der Waals surface area contributed by atoms with Crippen molar-refractivity contribution < 1.29 is 13.9 Å². The minimum atomic E-state index is -0.541. The lowest BCUT2D eigenvalue weighted by molar-refractivity contribution is -0.139. The fourth-order valence-electron chi connectivity index (χ4n) is 1.72. The molecule has 3 rings (SSSR count). The van der Waals surface area contributed by atoms with Gasteiger partial charge in [0.1, 0.15) is 12.4 Å². The molecule has 6 nitrogen and oxygen atoms in total. The number of aromatic nitrogens is 2. The summed E-state index contributed by atoms with van der Waals surface area (Å²) >= 11 is 4.51. The predicted octanol–water partition coefficient (Wildman–Crippen LogP) is 2.87. The van der Waals surface area contributed by atoms with E-state index in [0.29, 0.717) is 21.1 Å². The van der Waals surface area contributed by atoms with Crippen molar-refractivity contribution in [2.75, 3.05) is 0 Å². The van der Waals surface area contributed by atoms with Gasteiger partial charge in [0, 0.05) is 23.7 Å². The van der Waals surface area contributed by atoms with Gasteiger partial charge in [0.25, 0.3) is 5.56 Å². The van der Waals surface area contributed by atoms with Crippen LogP contribution in [-0.2, 0) is 16.1 Å². The first-order chi connectivity index (χ1) is 10.6. The Morgan fingerprint density at radius 2 is 2.36 bits per heavy atom. The molecular formula is C14H9BrN2O4S. The van der Waals surface area contributed by atoms with Crippen LogP contribution in [-0.4, -0.2) is 15.4 Å². The number of nitrogens with zero attached hydrogens (tertiary/aromatic N) is 2. The normalized spacial score (nSPS) is 11.3. The van der Waals surface area contributed by atoms with Gasteiger partial charge in [-0.15, -0.1) is 11.3 Å². The fourth-order valence-corrected chi connectivity index (χ4v) is 2.78. The van der Waals surface area contributed by atoms with Gasteiger partial charge in [-0.25, -0.2) is 9.78 Å². The lowest BCUT2D eigenvalue weighted by Crippen LogP contribution is -2.14. The molecule has 0 aliphatic rings. The Bertz CT molecular complexity index is 909. The lowest BCUT2D eigenvalue weighted by Gasteiger charge is -2.01. The van der Waals surface area contributed by atoms with Crippen LogP contribution in [0.5, 0.6) is 0 Å². The molecule has 0 fully saturated rings. The Kier molecular flexibility index (Phi) is 4.21.